The number of hydrogen-bond donors (Lipinski definition) is 0. The van der Waals surface area contributed by atoms with Gasteiger partial charge in [0.15, 0.2) is 0 Å². The van der Waals surface area contributed by atoms with Gasteiger partial charge < -0.3 is 4.90 Å². The summed E-state index contributed by atoms with van der Waals surface area (Å²) in [6, 6.07) is 5.16. The molecule has 1 aromatic rings. The molecule has 1 saturated carbocycles. The minimum Gasteiger partial charge on any atom is -0.335 e. The number of fused-ring (bicyclic) bond motifs is 1. The van der Waals surface area contributed by atoms with Gasteiger partial charge in [-0.3, -0.25) is 4.79 Å². The van der Waals surface area contributed by atoms with Crippen LogP contribution in [0, 0.1) is 17.7 Å². The summed E-state index contributed by atoms with van der Waals surface area (Å²) >= 11 is 0. The molecule has 1 aliphatic carbocycles. The third kappa shape index (κ3) is 2.38. The number of halogens is 1. The molecule has 19 heavy (non-hydrogen) atoms. The molecule has 1 heterocycles. The smallest absolute Gasteiger partial charge is 0.226 e. The topological polar surface area (TPSA) is 20.3 Å². The van der Waals surface area contributed by atoms with Crippen molar-refractivity contribution in [1.82, 2.24) is 4.90 Å². The van der Waals surface area contributed by atoms with E-state index in [1.165, 1.54) is 6.07 Å². The first-order valence-electron chi connectivity index (χ1n) is 7.14. The number of hydrogen-bond acceptors (Lipinski definition) is 1. The molecule has 0 spiro atoms. The van der Waals surface area contributed by atoms with E-state index in [1.54, 1.807) is 6.07 Å². The van der Waals surface area contributed by atoms with Crippen molar-refractivity contribution in [1.29, 1.82) is 0 Å². The fourth-order valence-corrected chi connectivity index (χ4v) is 2.98. The van der Waals surface area contributed by atoms with Crippen molar-refractivity contribution in [2.45, 2.75) is 45.7 Å². The third-order valence-corrected chi connectivity index (χ3v) is 4.32. The van der Waals surface area contributed by atoms with Gasteiger partial charge in [-0.1, -0.05) is 19.9 Å². The van der Waals surface area contributed by atoms with Crippen LogP contribution in [-0.4, -0.2) is 16.8 Å². The van der Waals surface area contributed by atoms with E-state index < -0.39 is 0 Å². The lowest BCUT2D eigenvalue weighted by Crippen LogP contribution is -2.47. The van der Waals surface area contributed by atoms with Crippen molar-refractivity contribution in [3.63, 3.8) is 0 Å². The SMILES string of the molecule is CC(C)[C@@H]1Cc2cc(F)ccc2CN1C(=O)C1CC1. The van der Waals surface area contributed by atoms with Crippen molar-refractivity contribution >= 4 is 5.91 Å². The molecule has 1 amide bonds. The quantitative estimate of drug-likeness (QED) is 0.801. The normalized spacial score (nSPS) is 22.5. The zero-order valence-electron chi connectivity index (χ0n) is 11.5. The Morgan fingerprint density at radius 1 is 1.32 bits per heavy atom. The Hall–Kier alpha value is -1.38. The minimum atomic E-state index is -0.178. The summed E-state index contributed by atoms with van der Waals surface area (Å²) in [6.45, 7) is 4.93. The molecule has 0 unspecified atom stereocenters. The van der Waals surface area contributed by atoms with E-state index in [2.05, 4.69) is 13.8 Å². The Kier molecular flexibility index (Phi) is 3.08. The van der Waals surface area contributed by atoms with E-state index in [0.29, 0.717) is 18.4 Å². The maximum Gasteiger partial charge on any atom is 0.226 e. The van der Waals surface area contributed by atoms with E-state index in [9.17, 15) is 9.18 Å². The van der Waals surface area contributed by atoms with E-state index in [0.717, 1.165) is 30.4 Å². The van der Waals surface area contributed by atoms with Gasteiger partial charge in [0.25, 0.3) is 0 Å². The largest absolute Gasteiger partial charge is 0.335 e. The van der Waals surface area contributed by atoms with Gasteiger partial charge in [-0.25, -0.2) is 4.39 Å². The van der Waals surface area contributed by atoms with Gasteiger partial charge in [0.1, 0.15) is 5.82 Å². The highest BCUT2D eigenvalue weighted by atomic mass is 19.1. The molecule has 3 rings (SSSR count). The molecule has 2 nitrogen and oxygen atoms in total. The molecule has 1 fully saturated rings. The van der Waals surface area contributed by atoms with Crippen LogP contribution in [0.4, 0.5) is 4.39 Å². The second-order valence-electron chi connectivity index (χ2n) is 6.17. The fraction of sp³-hybridized carbons (Fsp3) is 0.562. The lowest BCUT2D eigenvalue weighted by Gasteiger charge is -2.39. The highest BCUT2D eigenvalue weighted by molar-refractivity contribution is 5.81. The van der Waals surface area contributed by atoms with E-state index >= 15 is 0 Å². The van der Waals surface area contributed by atoms with Gasteiger partial charge in [0.05, 0.1) is 0 Å². The first kappa shape index (κ1) is 12.6. The lowest BCUT2D eigenvalue weighted by molar-refractivity contribution is -0.137. The van der Waals surface area contributed by atoms with Crippen molar-refractivity contribution in [2.24, 2.45) is 11.8 Å². The van der Waals surface area contributed by atoms with Gasteiger partial charge >= 0.3 is 0 Å². The minimum absolute atomic E-state index is 0.178. The van der Waals surface area contributed by atoms with Crippen LogP contribution in [0.5, 0.6) is 0 Å². The van der Waals surface area contributed by atoms with Crippen molar-refractivity contribution in [3.05, 3.63) is 35.1 Å². The molecule has 3 heteroatoms. The van der Waals surface area contributed by atoms with E-state index in [1.807, 2.05) is 11.0 Å². The van der Waals surface area contributed by atoms with Crippen LogP contribution in [0.25, 0.3) is 0 Å². The van der Waals surface area contributed by atoms with E-state index in [-0.39, 0.29) is 17.8 Å². The van der Waals surface area contributed by atoms with Crippen molar-refractivity contribution < 1.29 is 9.18 Å². The van der Waals surface area contributed by atoms with Crippen LogP contribution >= 0.6 is 0 Å². The van der Waals surface area contributed by atoms with Crippen molar-refractivity contribution in [3.8, 4) is 0 Å². The molecule has 0 radical (unpaired) electrons. The number of benzene rings is 1. The first-order valence-corrected chi connectivity index (χ1v) is 7.14. The number of amides is 1. The Morgan fingerprint density at radius 3 is 2.68 bits per heavy atom. The molecular formula is C16H20FNO. The van der Waals surface area contributed by atoms with Gasteiger partial charge in [-0.2, -0.15) is 0 Å². The molecule has 0 N–H and O–H groups in total. The highest BCUT2D eigenvalue weighted by Gasteiger charge is 2.39. The second-order valence-corrected chi connectivity index (χ2v) is 6.17. The maximum absolute atomic E-state index is 13.3. The molecule has 0 saturated heterocycles. The van der Waals surface area contributed by atoms with Crippen LogP contribution in [-0.2, 0) is 17.8 Å². The maximum atomic E-state index is 13.3. The predicted octanol–water partition coefficient (Wildman–Crippen LogP) is 3.15. The summed E-state index contributed by atoms with van der Waals surface area (Å²) in [5.74, 6) is 0.777. The van der Waals surface area contributed by atoms with Gasteiger partial charge in [-0.05, 0) is 48.4 Å². The number of rotatable bonds is 2. The summed E-state index contributed by atoms with van der Waals surface area (Å²) in [5, 5.41) is 0. The zero-order chi connectivity index (χ0) is 13.6. The van der Waals surface area contributed by atoms with Gasteiger partial charge in [0.2, 0.25) is 5.91 Å². The average Bonchev–Trinajstić information content (AvgIpc) is 3.20. The molecule has 0 bridgehead atoms. The van der Waals surface area contributed by atoms with E-state index in [4.69, 9.17) is 0 Å². The fourth-order valence-electron chi connectivity index (χ4n) is 2.98. The van der Waals surface area contributed by atoms with Crippen LogP contribution < -0.4 is 0 Å². The molecule has 102 valence electrons. The molecule has 1 atom stereocenters. The Labute approximate surface area is 113 Å². The molecule has 1 aromatic carbocycles. The first-order chi connectivity index (χ1) is 9.06. The lowest BCUT2D eigenvalue weighted by atomic mass is 9.87. The average molecular weight is 261 g/mol. The van der Waals surface area contributed by atoms with Crippen LogP contribution in [0.15, 0.2) is 18.2 Å². The van der Waals surface area contributed by atoms with Crippen LogP contribution in [0.2, 0.25) is 0 Å². The molecular weight excluding hydrogens is 241 g/mol. The summed E-state index contributed by atoms with van der Waals surface area (Å²) in [7, 11) is 0. The Morgan fingerprint density at radius 2 is 2.05 bits per heavy atom. The van der Waals surface area contributed by atoms with Crippen LogP contribution in [0.1, 0.15) is 37.8 Å². The summed E-state index contributed by atoms with van der Waals surface area (Å²) in [4.78, 5) is 14.4. The summed E-state index contributed by atoms with van der Waals surface area (Å²) in [6.07, 6.45) is 2.86. The monoisotopic (exact) mass is 261 g/mol. The second kappa shape index (κ2) is 4.62. The number of nitrogens with zero attached hydrogens (tertiary/aromatic N) is 1. The highest BCUT2D eigenvalue weighted by Crippen LogP contribution is 2.36. The van der Waals surface area contributed by atoms with Gasteiger partial charge in [0, 0.05) is 18.5 Å². The zero-order valence-corrected chi connectivity index (χ0v) is 11.5. The number of carbonyl (C=O) groups is 1. The molecule has 0 aromatic heterocycles. The standard InChI is InChI=1S/C16H20FNO/c1-10(2)15-8-13-7-14(17)6-5-12(13)9-18(15)16(19)11-3-4-11/h5-7,10-11,15H,3-4,8-9H2,1-2H3/t15-/m0/s1. The number of carbonyl (C=O) groups excluding carboxylic acids is 1. The predicted molar refractivity (Wildman–Crippen MR) is 72.0 cm³/mol. The third-order valence-electron chi connectivity index (χ3n) is 4.32. The summed E-state index contributed by atoms with van der Waals surface area (Å²) < 4.78 is 13.3. The molecule has 1 aliphatic heterocycles. The van der Waals surface area contributed by atoms with Crippen LogP contribution in [0.3, 0.4) is 0 Å². The Balaban J connectivity index is 1.91. The van der Waals surface area contributed by atoms with Gasteiger partial charge in [-0.15, -0.1) is 0 Å². The molecule has 2 aliphatic rings. The Bertz CT molecular complexity index is 507. The van der Waals surface area contributed by atoms with Crippen molar-refractivity contribution in [2.75, 3.05) is 0 Å². The summed E-state index contributed by atoms with van der Waals surface area (Å²) in [5.41, 5.74) is 2.17.